The third kappa shape index (κ3) is 7.57. The number of hydrogen-bond donors (Lipinski definition) is 2. The first kappa shape index (κ1) is 22.6. The number of halogens is 1. The number of ether oxygens (including phenoxy) is 2. The maximum atomic E-state index is 13.0. The van der Waals surface area contributed by atoms with Crippen LogP contribution >= 0.6 is 0 Å². The Balaban J connectivity index is 1.40. The minimum absolute atomic E-state index is 0.273. The van der Waals surface area contributed by atoms with Gasteiger partial charge in [-0.3, -0.25) is 9.69 Å². The summed E-state index contributed by atoms with van der Waals surface area (Å²) in [5.41, 5.74) is 1.15. The van der Waals surface area contributed by atoms with Crippen LogP contribution in [0.15, 0.2) is 48.5 Å². The summed E-state index contributed by atoms with van der Waals surface area (Å²) in [6, 6.07) is 13.9. The molecule has 1 saturated heterocycles. The number of nitrogens with zero attached hydrogens (tertiary/aromatic N) is 1. The second kappa shape index (κ2) is 11.3. The number of alkyl carbamates (subject to hydrolysis) is 1. The Morgan fingerprint density at radius 1 is 1.10 bits per heavy atom. The van der Waals surface area contributed by atoms with Crippen molar-refractivity contribution >= 4 is 12.0 Å². The van der Waals surface area contributed by atoms with E-state index >= 15 is 0 Å². The fraction of sp³-hybridized carbons (Fsp3) is 0.391. The number of carbonyl (C=O) groups is 2. The van der Waals surface area contributed by atoms with E-state index in [1.807, 2.05) is 18.2 Å². The minimum Gasteiger partial charge on any atom is -0.457 e. The van der Waals surface area contributed by atoms with Crippen LogP contribution in [-0.4, -0.2) is 50.2 Å². The minimum atomic E-state index is -0.566. The first-order valence-corrected chi connectivity index (χ1v) is 10.4. The Labute approximate surface area is 181 Å². The number of rotatable bonds is 8. The number of likely N-dealkylation sites (tertiary alicyclic amines) is 1. The maximum Gasteiger partial charge on any atom is 0.407 e. The Kier molecular flexibility index (Phi) is 8.23. The normalized spacial score (nSPS) is 14.6. The Morgan fingerprint density at radius 2 is 1.84 bits per heavy atom. The third-order valence-electron chi connectivity index (χ3n) is 5.21. The van der Waals surface area contributed by atoms with Crippen molar-refractivity contribution in [2.75, 3.05) is 33.3 Å². The number of nitrogens with one attached hydrogen (secondary N) is 2. The highest BCUT2D eigenvalue weighted by molar-refractivity contribution is 5.79. The van der Waals surface area contributed by atoms with Crippen LogP contribution < -0.4 is 15.4 Å². The van der Waals surface area contributed by atoms with Gasteiger partial charge in [0, 0.05) is 20.1 Å². The molecule has 7 nitrogen and oxygen atoms in total. The number of likely N-dealkylation sites (N-methyl/N-ethyl adjacent to an activating group) is 1. The van der Waals surface area contributed by atoms with Gasteiger partial charge in [0.2, 0.25) is 0 Å². The van der Waals surface area contributed by atoms with Gasteiger partial charge in [-0.25, -0.2) is 9.18 Å². The molecule has 0 aliphatic carbocycles. The second-order valence-electron chi connectivity index (χ2n) is 7.55. The van der Waals surface area contributed by atoms with E-state index < -0.39 is 6.09 Å². The zero-order chi connectivity index (χ0) is 22.1. The van der Waals surface area contributed by atoms with E-state index in [1.54, 1.807) is 12.1 Å². The van der Waals surface area contributed by atoms with Gasteiger partial charge in [-0.15, -0.1) is 0 Å². The standard InChI is InChI=1S/C23H28FN3O4/c1-25-22(28)16-30-23(29)26-14-17-9-11-27(12-10-17)15-18-3-2-4-21(13-18)31-20-7-5-19(24)6-8-20/h2-8,13,17H,9-12,14-16H2,1H3,(H,25,28)(H,26,29). The molecule has 2 N–H and O–H groups in total. The summed E-state index contributed by atoms with van der Waals surface area (Å²) >= 11 is 0. The van der Waals surface area contributed by atoms with Crippen LogP contribution in [0.25, 0.3) is 0 Å². The van der Waals surface area contributed by atoms with Crippen LogP contribution in [0.1, 0.15) is 18.4 Å². The zero-order valence-electron chi connectivity index (χ0n) is 17.6. The molecular formula is C23H28FN3O4. The lowest BCUT2D eigenvalue weighted by Crippen LogP contribution is -2.39. The molecule has 166 valence electrons. The molecule has 0 spiro atoms. The second-order valence-corrected chi connectivity index (χ2v) is 7.55. The SMILES string of the molecule is CNC(=O)COC(=O)NCC1CCN(Cc2cccc(Oc3ccc(F)cc3)c2)CC1. The van der Waals surface area contributed by atoms with E-state index in [0.717, 1.165) is 43.8 Å². The predicted octanol–water partition coefficient (Wildman–Crippen LogP) is 3.30. The lowest BCUT2D eigenvalue weighted by Gasteiger charge is -2.32. The number of piperidine rings is 1. The highest BCUT2D eigenvalue weighted by Crippen LogP contribution is 2.24. The number of carbonyl (C=O) groups excluding carboxylic acids is 2. The molecular weight excluding hydrogens is 401 g/mol. The first-order valence-electron chi connectivity index (χ1n) is 10.4. The van der Waals surface area contributed by atoms with Crippen molar-refractivity contribution in [3.63, 3.8) is 0 Å². The molecule has 31 heavy (non-hydrogen) atoms. The van der Waals surface area contributed by atoms with Crippen molar-refractivity contribution in [1.82, 2.24) is 15.5 Å². The van der Waals surface area contributed by atoms with Gasteiger partial charge in [0.1, 0.15) is 17.3 Å². The van der Waals surface area contributed by atoms with Gasteiger partial charge in [-0.1, -0.05) is 12.1 Å². The van der Waals surface area contributed by atoms with Crippen LogP contribution in [0, 0.1) is 11.7 Å². The molecule has 0 atom stereocenters. The summed E-state index contributed by atoms with van der Waals surface area (Å²) in [6.07, 6.45) is 1.38. The van der Waals surface area contributed by atoms with E-state index in [2.05, 4.69) is 21.6 Å². The van der Waals surface area contributed by atoms with Gasteiger partial charge in [-0.05, 0) is 73.8 Å². The molecule has 0 unspecified atom stereocenters. The van der Waals surface area contributed by atoms with E-state index in [-0.39, 0.29) is 18.3 Å². The van der Waals surface area contributed by atoms with Crippen molar-refractivity contribution in [2.24, 2.45) is 5.92 Å². The van der Waals surface area contributed by atoms with Gasteiger partial charge in [0.15, 0.2) is 6.61 Å². The van der Waals surface area contributed by atoms with Gasteiger partial charge in [-0.2, -0.15) is 0 Å². The molecule has 0 radical (unpaired) electrons. The van der Waals surface area contributed by atoms with E-state index in [4.69, 9.17) is 9.47 Å². The van der Waals surface area contributed by atoms with Crippen LogP contribution in [-0.2, 0) is 16.1 Å². The van der Waals surface area contributed by atoms with Gasteiger partial charge in [0.25, 0.3) is 5.91 Å². The lowest BCUT2D eigenvalue weighted by atomic mass is 9.96. The van der Waals surface area contributed by atoms with Crippen LogP contribution in [0.2, 0.25) is 0 Å². The summed E-state index contributed by atoms with van der Waals surface area (Å²) in [5, 5.41) is 5.13. The molecule has 2 aromatic carbocycles. The number of hydrogen-bond acceptors (Lipinski definition) is 5. The average Bonchev–Trinajstić information content (AvgIpc) is 2.79. The fourth-order valence-corrected chi connectivity index (χ4v) is 3.43. The van der Waals surface area contributed by atoms with E-state index in [1.165, 1.54) is 19.2 Å². The Morgan fingerprint density at radius 3 is 2.55 bits per heavy atom. The molecule has 3 rings (SSSR count). The first-order chi connectivity index (χ1) is 15.0. The lowest BCUT2D eigenvalue weighted by molar-refractivity contribution is -0.123. The molecule has 0 aromatic heterocycles. The number of benzene rings is 2. The zero-order valence-corrected chi connectivity index (χ0v) is 17.6. The maximum absolute atomic E-state index is 13.0. The Hall–Kier alpha value is -3.13. The molecule has 2 amide bonds. The average molecular weight is 429 g/mol. The van der Waals surface area contributed by atoms with Crippen molar-refractivity contribution < 1.29 is 23.5 Å². The third-order valence-corrected chi connectivity index (χ3v) is 5.21. The van der Waals surface area contributed by atoms with Crippen LogP contribution in [0.4, 0.5) is 9.18 Å². The molecule has 1 aliphatic rings. The van der Waals surface area contributed by atoms with E-state index in [0.29, 0.717) is 18.2 Å². The van der Waals surface area contributed by atoms with E-state index in [9.17, 15) is 14.0 Å². The van der Waals surface area contributed by atoms with Crippen molar-refractivity contribution in [2.45, 2.75) is 19.4 Å². The monoisotopic (exact) mass is 429 g/mol. The van der Waals surface area contributed by atoms with Gasteiger partial charge < -0.3 is 20.1 Å². The molecule has 1 heterocycles. The highest BCUT2D eigenvalue weighted by Gasteiger charge is 2.20. The summed E-state index contributed by atoms with van der Waals surface area (Å²) in [7, 11) is 1.49. The molecule has 1 fully saturated rings. The summed E-state index contributed by atoms with van der Waals surface area (Å²) < 4.78 is 23.7. The molecule has 0 saturated carbocycles. The smallest absolute Gasteiger partial charge is 0.407 e. The van der Waals surface area contributed by atoms with Gasteiger partial charge >= 0.3 is 6.09 Å². The predicted molar refractivity (Wildman–Crippen MR) is 114 cm³/mol. The summed E-state index contributed by atoms with van der Waals surface area (Å²) in [4.78, 5) is 25.1. The molecule has 2 aromatic rings. The van der Waals surface area contributed by atoms with Crippen molar-refractivity contribution in [3.8, 4) is 11.5 Å². The molecule has 1 aliphatic heterocycles. The van der Waals surface area contributed by atoms with Crippen molar-refractivity contribution in [3.05, 3.63) is 59.9 Å². The van der Waals surface area contributed by atoms with Gasteiger partial charge in [0.05, 0.1) is 0 Å². The van der Waals surface area contributed by atoms with Crippen molar-refractivity contribution in [1.29, 1.82) is 0 Å². The summed E-state index contributed by atoms with van der Waals surface area (Å²) in [5.74, 6) is 1.08. The largest absolute Gasteiger partial charge is 0.457 e. The topological polar surface area (TPSA) is 79.9 Å². The van der Waals surface area contributed by atoms with Crippen LogP contribution in [0.3, 0.4) is 0 Å². The molecule has 0 bridgehead atoms. The summed E-state index contributed by atoms with van der Waals surface area (Å²) in [6.45, 7) is 2.95. The number of amides is 2. The molecule has 8 heteroatoms. The Bertz CT molecular complexity index is 867. The highest BCUT2D eigenvalue weighted by atomic mass is 19.1. The van der Waals surface area contributed by atoms with Crippen LogP contribution in [0.5, 0.6) is 11.5 Å². The fourth-order valence-electron chi connectivity index (χ4n) is 3.43. The quantitative estimate of drug-likeness (QED) is 0.673.